The number of carbonyl (C=O) groups excluding carboxylic acids is 1. The second-order valence-corrected chi connectivity index (χ2v) is 8.90. The highest BCUT2D eigenvalue weighted by Crippen LogP contribution is 2.31. The van der Waals surface area contributed by atoms with E-state index in [2.05, 4.69) is 22.6 Å². The average Bonchev–Trinajstić information content (AvgIpc) is 3.30. The number of thiazole rings is 1. The average molecular weight is 436 g/mol. The normalized spacial score (nSPS) is 14.3. The van der Waals surface area contributed by atoms with E-state index in [9.17, 15) is 4.79 Å². The van der Waals surface area contributed by atoms with E-state index in [1.807, 2.05) is 48.5 Å². The van der Waals surface area contributed by atoms with Crippen molar-refractivity contribution in [2.45, 2.75) is 44.6 Å². The molecule has 31 heavy (non-hydrogen) atoms. The minimum Gasteiger partial charge on any atom is -0.497 e. The second kappa shape index (κ2) is 9.96. The van der Waals surface area contributed by atoms with Crippen molar-refractivity contribution >= 4 is 28.1 Å². The van der Waals surface area contributed by atoms with E-state index in [1.54, 1.807) is 18.4 Å². The number of nitrogens with zero attached hydrogens (tertiary/aromatic N) is 2. The molecule has 0 aliphatic heterocycles. The third-order valence-electron chi connectivity index (χ3n) is 5.90. The standard InChI is InChI=1S/C25H29N3O2S/c1-28(21-6-4-3-5-7-21)25-27-23(17-31-25)19-10-12-20(13-11-19)26-24(29)16-18-8-14-22(30-2)15-9-18/h8-15,17,21H,3-7,16H2,1-2H3,(H,26,29). The number of amides is 1. The van der Waals surface area contributed by atoms with Gasteiger partial charge in [0.25, 0.3) is 0 Å². The van der Waals surface area contributed by atoms with Crippen LogP contribution in [-0.4, -0.2) is 31.1 Å². The van der Waals surface area contributed by atoms with Crippen LogP contribution in [0.1, 0.15) is 37.7 Å². The summed E-state index contributed by atoms with van der Waals surface area (Å²) in [6, 6.07) is 16.1. The monoisotopic (exact) mass is 435 g/mol. The molecule has 162 valence electrons. The van der Waals surface area contributed by atoms with E-state index in [0.29, 0.717) is 12.5 Å². The Bertz CT molecular complexity index is 992. The minimum absolute atomic E-state index is 0.0389. The van der Waals surface area contributed by atoms with E-state index in [-0.39, 0.29) is 5.91 Å². The van der Waals surface area contributed by atoms with Crippen molar-refractivity contribution in [1.82, 2.24) is 4.98 Å². The van der Waals surface area contributed by atoms with Gasteiger partial charge in [-0.1, -0.05) is 43.5 Å². The Labute approximate surface area is 188 Å². The number of aromatic nitrogens is 1. The topological polar surface area (TPSA) is 54.5 Å². The number of methoxy groups -OCH3 is 1. The van der Waals surface area contributed by atoms with E-state index in [0.717, 1.165) is 33.4 Å². The smallest absolute Gasteiger partial charge is 0.228 e. The molecule has 4 rings (SSSR count). The van der Waals surface area contributed by atoms with Crippen LogP contribution >= 0.6 is 11.3 Å². The van der Waals surface area contributed by atoms with Crippen LogP contribution in [0.15, 0.2) is 53.9 Å². The molecule has 1 fully saturated rings. The summed E-state index contributed by atoms with van der Waals surface area (Å²) in [5.74, 6) is 0.748. The first kappa shape index (κ1) is 21.4. The maximum Gasteiger partial charge on any atom is 0.228 e. The van der Waals surface area contributed by atoms with E-state index in [4.69, 9.17) is 9.72 Å². The van der Waals surface area contributed by atoms with Crippen LogP contribution < -0.4 is 15.0 Å². The van der Waals surface area contributed by atoms with Gasteiger partial charge in [0, 0.05) is 29.7 Å². The van der Waals surface area contributed by atoms with Gasteiger partial charge in [-0.3, -0.25) is 4.79 Å². The third kappa shape index (κ3) is 5.44. The molecule has 0 spiro atoms. The fourth-order valence-corrected chi connectivity index (χ4v) is 4.91. The summed E-state index contributed by atoms with van der Waals surface area (Å²) < 4.78 is 5.16. The molecule has 1 aromatic heterocycles. The van der Waals surface area contributed by atoms with E-state index < -0.39 is 0 Å². The first-order chi connectivity index (χ1) is 15.1. The number of ether oxygens (including phenoxy) is 1. The summed E-state index contributed by atoms with van der Waals surface area (Å²) in [5, 5.41) is 6.17. The van der Waals surface area contributed by atoms with Crippen LogP contribution in [-0.2, 0) is 11.2 Å². The van der Waals surface area contributed by atoms with Crippen LogP contribution in [0.3, 0.4) is 0 Å². The number of carbonyl (C=O) groups is 1. The van der Waals surface area contributed by atoms with E-state index in [1.165, 1.54) is 32.1 Å². The molecular weight excluding hydrogens is 406 g/mol. The highest BCUT2D eigenvalue weighted by atomic mass is 32.1. The summed E-state index contributed by atoms with van der Waals surface area (Å²) in [7, 11) is 3.80. The van der Waals surface area contributed by atoms with Gasteiger partial charge >= 0.3 is 0 Å². The van der Waals surface area contributed by atoms with Crippen molar-refractivity contribution in [3.8, 4) is 17.0 Å². The Hall–Kier alpha value is -2.86. The molecular formula is C25H29N3O2S. The maximum absolute atomic E-state index is 12.4. The van der Waals surface area contributed by atoms with Gasteiger partial charge in [0.1, 0.15) is 5.75 Å². The van der Waals surface area contributed by atoms with Crippen molar-refractivity contribution in [1.29, 1.82) is 0 Å². The van der Waals surface area contributed by atoms with Gasteiger partial charge in [-0.15, -0.1) is 11.3 Å². The lowest BCUT2D eigenvalue weighted by molar-refractivity contribution is -0.115. The van der Waals surface area contributed by atoms with Gasteiger partial charge in [-0.05, 0) is 42.7 Å². The highest BCUT2D eigenvalue weighted by Gasteiger charge is 2.20. The third-order valence-corrected chi connectivity index (χ3v) is 6.84. The van der Waals surface area contributed by atoms with Crippen molar-refractivity contribution in [3.63, 3.8) is 0 Å². The highest BCUT2D eigenvalue weighted by molar-refractivity contribution is 7.14. The number of hydrogen-bond donors (Lipinski definition) is 1. The molecule has 0 saturated heterocycles. The summed E-state index contributed by atoms with van der Waals surface area (Å²) in [5.41, 5.74) is 3.79. The maximum atomic E-state index is 12.4. The van der Waals surface area contributed by atoms with Crippen molar-refractivity contribution < 1.29 is 9.53 Å². The van der Waals surface area contributed by atoms with Crippen LogP contribution in [0.25, 0.3) is 11.3 Å². The fraction of sp³-hybridized carbons (Fsp3) is 0.360. The SMILES string of the molecule is COc1ccc(CC(=O)Nc2ccc(-c3csc(N(C)C4CCCCC4)n3)cc2)cc1. The molecule has 6 heteroatoms. The van der Waals surface area contributed by atoms with Crippen LogP contribution in [0.4, 0.5) is 10.8 Å². The molecule has 5 nitrogen and oxygen atoms in total. The van der Waals surface area contributed by atoms with Crippen LogP contribution in [0.2, 0.25) is 0 Å². The fourth-order valence-electron chi connectivity index (χ4n) is 4.04. The lowest BCUT2D eigenvalue weighted by Crippen LogP contribution is -2.33. The van der Waals surface area contributed by atoms with Gasteiger partial charge in [0.05, 0.1) is 19.2 Å². The Balaban J connectivity index is 1.35. The molecule has 1 saturated carbocycles. The molecule has 1 aliphatic rings. The van der Waals surface area contributed by atoms with Gasteiger partial charge in [-0.25, -0.2) is 4.98 Å². The molecule has 0 atom stereocenters. The molecule has 0 unspecified atom stereocenters. The summed E-state index contributed by atoms with van der Waals surface area (Å²) in [4.78, 5) is 19.6. The Morgan fingerprint density at radius 1 is 1.10 bits per heavy atom. The van der Waals surface area contributed by atoms with E-state index >= 15 is 0 Å². The quantitative estimate of drug-likeness (QED) is 0.512. The largest absolute Gasteiger partial charge is 0.497 e. The summed E-state index contributed by atoms with van der Waals surface area (Å²) in [6.45, 7) is 0. The number of nitrogens with one attached hydrogen (secondary N) is 1. The molecule has 1 heterocycles. The molecule has 1 aliphatic carbocycles. The van der Waals surface area contributed by atoms with Gasteiger partial charge < -0.3 is 15.0 Å². The molecule has 2 aromatic carbocycles. The first-order valence-electron chi connectivity index (χ1n) is 10.8. The summed E-state index contributed by atoms with van der Waals surface area (Å²) in [6.07, 6.45) is 6.84. The van der Waals surface area contributed by atoms with Gasteiger partial charge in [0.2, 0.25) is 5.91 Å². The number of hydrogen-bond acceptors (Lipinski definition) is 5. The molecule has 3 aromatic rings. The van der Waals surface area contributed by atoms with Crippen molar-refractivity contribution in [3.05, 3.63) is 59.5 Å². The predicted molar refractivity (Wildman–Crippen MR) is 128 cm³/mol. The zero-order valence-corrected chi connectivity index (χ0v) is 19.0. The van der Waals surface area contributed by atoms with Gasteiger partial charge in [-0.2, -0.15) is 0 Å². The molecule has 0 radical (unpaired) electrons. The van der Waals surface area contributed by atoms with Crippen LogP contribution in [0, 0.1) is 0 Å². The predicted octanol–water partition coefficient (Wildman–Crippen LogP) is 5.77. The number of rotatable bonds is 7. The Morgan fingerprint density at radius 3 is 2.48 bits per heavy atom. The van der Waals surface area contributed by atoms with Crippen LogP contribution in [0.5, 0.6) is 5.75 Å². The lowest BCUT2D eigenvalue weighted by Gasteiger charge is -2.30. The zero-order valence-electron chi connectivity index (χ0n) is 18.1. The lowest BCUT2D eigenvalue weighted by atomic mass is 9.95. The van der Waals surface area contributed by atoms with Gasteiger partial charge in [0.15, 0.2) is 5.13 Å². The summed E-state index contributed by atoms with van der Waals surface area (Å²) >= 11 is 1.70. The molecule has 0 bridgehead atoms. The first-order valence-corrected chi connectivity index (χ1v) is 11.7. The minimum atomic E-state index is -0.0389. The second-order valence-electron chi connectivity index (χ2n) is 8.07. The van der Waals surface area contributed by atoms with Crippen molar-refractivity contribution in [2.75, 3.05) is 24.4 Å². The number of benzene rings is 2. The molecule has 1 amide bonds. The zero-order chi connectivity index (χ0) is 21.6. The number of anilines is 2. The Morgan fingerprint density at radius 2 is 1.81 bits per heavy atom. The van der Waals surface area contributed by atoms with Crippen molar-refractivity contribution in [2.24, 2.45) is 0 Å². The molecule has 1 N–H and O–H groups in total. The Kier molecular flexibility index (Phi) is 6.87.